The zero-order valence-corrected chi connectivity index (χ0v) is 13.7. The van der Waals surface area contributed by atoms with Crippen LogP contribution in [0, 0.1) is 0 Å². The number of carbonyl (C=O) groups excluding carboxylic acids is 1. The minimum absolute atomic E-state index is 0.0494. The molecule has 0 bridgehead atoms. The fraction of sp³-hybridized carbons (Fsp3) is 0.375. The van der Waals surface area contributed by atoms with Crippen LogP contribution in [0.5, 0.6) is 0 Å². The van der Waals surface area contributed by atoms with Crippen LogP contribution in [0.1, 0.15) is 38.8 Å². The number of allylic oxidation sites excluding steroid dienone is 1. The molecular formula is C16H20ClN3O. The maximum absolute atomic E-state index is 10.8. The number of likely N-dealkylation sites (N-methyl/N-ethyl adjacent to an activating group) is 1. The summed E-state index contributed by atoms with van der Waals surface area (Å²) >= 11 is 6.33. The number of amides is 1. The molecular weight excluding hydrogens is 286 g/mol. The first kappa shape index (κ1) is 15.6. The van der Waals surface area contributed by atoms with Crippen molar-refractivity contribution < 1.29 is 4.79 Å². The van der Waals surface area contributed by atoms with Crippen molar-refractivity contribution in [3.63, 3.8) is 0 Å². The number of hydrogen-bond donors (Lipinski definition) is 1. The molecule has 1 aliphatic rings. The van der Waals surface area contributed by atoms with E-state index in [0.29, 0.717) is 5.02 Å². The molecule has 2 rings (SSSR count). The summed E-state index contributed by atoms with van der Waals surface area (Å²) in [5.41, 5.74) is 6.55. The number of nitrogens with one attached hydrogen (secondary N) is 1. The maximum Gasteiger partial charge on any atom is 0.236 e. The Morgan fingerprint density at radius 1 is 1.43 bits per heavy atom. The van der Waals surface area contributed by atoms with Crippen molar-refractivity contribution in [2.45, 2.75) is 33.2 Å². The molecule has 1 aromatic rings. The number of rotatable bonds is 2. The van der Waals surface area contributed by atoms with Crippen LogP contribution in [-0.4, -0.2) is 24.7 Å². The normalized spacial score (nSPS) is 16.7. The highest BCUT2D eigenvalue weighted by Gasteiger charge is 2.28. The van der Waals surface area contributed by atoms with E-state index in [0.717, 1.165) is 16.8 Å². The maximum atomic E-state index is 10.8. The summed E-state index contributed by atoms with van der Waals surface area (Å²) in [6, 6.07) is 3.95. The lowest BCUT2D eigenvalue weighted by Gasteiger charge is -2.40. The van der Waals surface area contributed by atoms with Crippen LogP contribution in [0.4, 0.5) is 5.69 Å². The van der Waals surface area contributed by atoms with E-state index < -0.39 is 0 Å². The van der Waals surface area contributed by atoms with Gasteiger partial charge in [-0.05, 0) is 38.5 Å². The van der Waals surface area contributed by atoms with Gasteiger partial charge in [-0.25, -0.2) is 5.43 Å². The Hall–Kier alpha value is -1.81. The summed E-state index contributed by atoms with van der Waals surface area (Å²) in [6.45, 7) is 7.84. The average Bonchev–Trinajstić information content (AvgIpc) is 2.36. The Kier molecular flexibility index (Phi) is 4.10. The van der Waals surface area contributed by atoms with Crippen molar-refractivity contribution in [2.75, 3.05) is 11.9 Å². The van der Waals surface area contributed by atoms with Crippen LogP contribution in [0.3, 0.4) is 0 Å². The third kappa shape index (κ3) is 3.10. The predicted molar refractivity (Wildman–Crippen MR) is 89.0 cm³/mol. The largest absolute Gasteiger partial charge is 0.365 e. The van der Waals surface area contributed by atoms with Crippen LogP contribution in [0.15, 0.2) is 23.3 Å². The van der Waals surface area contributed by atoms with E-state index in [1.807, 2.05) is 12.1 Å². The monoisotopic (exact) mass is 305 g/mol. The fourth-order valence-electron chi connectivity index (χ4n) is 2.48. The molecule has 0 aromatic heterocycles. The van der Waals surface area contributed by atoms with Gasteiger partial charge in [-0.1, -0.05) is 17.7 Å². The van der Waals surface area contributed by atoms with Gasteiger partial charge in [0.25, 0.3) is 0 Å². The molecule has 4 nitrogen and oxygen atoms in total. The summed E-state index contributed by atoms with van der Waals surface area (Å²) in [7, 11) is 2.06. The predicted octanol–water partition coefficient (Wildman–Crippen LogP) is 3.44. The summed E-state index contributed by atoms with van der Waals surface area (Å²) in [5, 5.41) is 4.49. The molecule has 0 radical (unpaired) electrons. The van der Waals surface area contributed by atoms with Crippen molar-refractivity contribution in [1.29, 1.82) is 0 Å². The Bertz CT molecular complexity index is 647. The van der Waals surface area contributed by atoms with E-state index in [-0.39, 0.29) is 11.4 Å². The van der Waals surface area contributed by atoms with Gasteiger partial charge in [0.05, 0.1) is 16.8 Å². The number of nitrogens with zero attached hydrogens (tertiary/aromatic N) is 2. The lowest BCUT2D eigenvalue weighted by Crippen LogP contribution is -2.42. The van der Waals surface area contributed by atoms with E-state index >= 15 is 0 Å². The van der Waals surface area contributed by atoms with E-state index in [9.17, 15) is 4.79 Å². The van der Waals surface area contributed by atoms with Gasteiger partial charge in [0.15, 0.2) is 0 Å². The second kappa shape index (κ2) is 5.53. The molecule has 112 valence electrons. The van der Waals surface area contributed by atoms with Gasteiger partial charge in [-0.15, -0.1) is 0 Å². The third-order valence-corrected chi connectivity index (χ3v) is 4.09. The van der Waals surface area contributed by atoms with Gasteiger partial charge < -0.3 is 4.90 Å². The number of hydrogen-bond acceptors (Lipinski definition) is 3. The quantitative estimate of drug-likeness (QED) is 0.672. The minimum atomic E-state index is -0.210. The van der Waals surface area contributed by atoms with Crippen molar-refractivity contribution in [1.82, 2.24) is 5.43 Å². The molecule has 1 amide bonds. The molecule has 0 spiro atoms. The highest BCUT2D eigenvalue weighted by molar-refractivity contribution is 6.33. The molecule has 0 fully saturated rings. The molecule has 0 saturated carbocycles. The number of hydrazone groups is 1. The highest BCUT2D eigenvalue weighted by Crippen LogP contribution is 2.40. The number of fused-ring (bicyclic) bond motifs is 1. The second-order valence-corrected chi connectivity index (χ2v) is 6.26. The van der Waals surface area contributed by atoms with Crippen molar-refractivity contribution in [3.05, 3.63) is 34.4 Å². The van der Waals surface area contributed by atoms with Crippen LogP contribution in [0.2, 0.25) is 5.02 Å². The standard InChI is InChI=1S/C16H20ClN3O/c1-10-8-16(3,4)20(5)15-7-14(17)12(6-13(10)15)9-18-19-11(2)21/h6-9H,1-5H3,(H,19,21)/b18-9+. The molecule has 1 N–H and O–H groups in total. The number of anilines is 1. The summed E-state index contributed by atoms with van der Waals surface area (Å²) < 4.78 is 0. The van der Waals surface area contributed by atoms with Crippen LogP contribution in [0.25, 0.3) is 5.57 Å². The van der Waals surface area contributed by atoms with E-state index in [1.54, 1.807) is 6.21 Å². The zero-order valence-electron chi connectivity index (χ0n) is 13.0. The Morgan fingerprint density at radius 2 is 2.10 bits per heavy atom. The number of benzene rings is 1. The molecule has 0 saturated heterocycles. The minimum Gasteiger partial charge on any atom is -0.365 e. The Morgan fingerprint density at radius 3 is 2.71 bits per heavy atom. The van der Waals surface area contributed by atoms with E-state index in [4.69, 9.17) is 11.6 Å². The molecule has 0 unspecified atom stereocenters. The molecule has 21 heavy (non-hydrogen) atoms. The van der Waals surface area contributed by atoms with Gasteiger partial charge in [-0.2, -0.15) is 5.10 Å². The van der Waals surface area contributed by atoms with Crippen molar-refractivity contribution in [2.24, 2.45) is 5.10 Å². The smallest absolute Gasteiger partial charge is 0.236 e. The van der Waals surface area contributed by atoms with Crippen LogP contribution in [-0.2, 0) is 4.79 Å². The van der Waals surface area contributed by atoms with Gasteiger partial charge in [0.1, 0.15) is 0 Å². The van der Waals surface area contributed by atoms with E-state index in [1.165, 1.54) is 12.5 Å². The topological polar surface area (TPSA) is 44.7 Å². The average molecular weight is 306 g/mol. The third-order valence-electron chi connectivity index (χ3n) is 3.76. The molecule has 0 aliphatic carbocycles. The van der Waals surface area contributed by atoms with E-state index in [2.05, 4.69) is 49.3 Å². The molecule has 1 aromatic carbocycles. The highest BCUT2D eigenvalue weighted by atomic mass is 35.5. The van der Waals surface area contributed by atoms with Crippen molar-refractivity contribution in [3.8, 4) is 0 Å². The molecule has 1 heterocycles. The van der Waals surface area contributed by atoms with Crippen LogP contribution < -0.4 is 10.3 Å². The molecule has 0 atom stereocenters. The van der Waals surface area contributed by atoms with Gasteiger partial charge in [-0.3, -0.25) is 4.79 Å². The lowest BCUT2D eigenvalue weighted by molar-refractivity contribution is -0.118. The fourth-order valence-corrected chi connectivity index (χ4v) is 2.69. The Balaban J connectivity index is 2.46. The molecule has 5 heteroatoms. The zero-order chi connectivity index (χ0) is 15.8. The van der Waals surface area contributed by atoms with Crippen molar-refractivity contribution >= 4 is 35.0 Å². The first-order valence-electron chi connectivity index (χ1n) is 6.79. The number of halogens is 1. The first-order valence-corrected chi connectivity index (χ1v) is 7.17. The summed E-state index contributed by atoms with van der Waals surface area (Å²) in [5.74, 6) is -0.210. The lowest BCUT2D eigenvalue weighted by atomic mass is 9.88. The van der Waals surface area contributed by atoms with Crippen LogP contribution >= 0.6 is 11.6 Å². The second-order valence-electron chi connectivity index (χ2n) is 5.86. The summed E-state index contributed by atoms with van der Waals surface area (Å²) in [6.07, 6.45) is 3.80. The summed E-state index contributed by atoms with van der Waals surface area (Å²) in [4.78, 5) is 13.0. The Labute approximate surface area is 130 Å². The van der Waals surface area contributed by atoms with Gasteiger partial charge >= 0.3 is 0 Å². The number of carbonyl (C=O) groups is 1. The van der Waals surface area contributed by atoms with Gasteiger partial charge in [0, 0.05) is 30.8 Å². The molecule has 1 aliphatic heterocycles. The van der Waals surface area contributed by atoms with Gasteiger partial charge in [0.2, 0.25) is 5.91 Å². The SMILES string of the molecule is CC(=O)N/N=C/c1cc2c(cc1Cl)N(C)C(C)(C)C=C2C. The first-order chi connectivity index (χ1) is 9.72.